The summed E-state index contributed by atoms with van der Waals surface area (Å²) >= 11 is 0. The molecule has 2 heterocycles. The summed E-state index contributed by atoms with van der Waals surface area (Å²) in [5.74, 6) is 0.371. The first kappa shape index (κ1) is 19.4. The molecule has 0 radical (unpaired) electrons. The molecule has 6 nitrogen and oxygen atoms in total. The predicted molar refractivity (Wildman–Crippen MR) is 111 cm³/mol. The molecule has 1 unspecified atom stereocenters. The van der Waals surface area contributed by atoms with Gasteiger partial charge in [-0.3, -0.25) is 9.59 Å². The quantitative estimate of drug-likeness (QED) is 0.846. The third-order valence-corrected chi connectivity index (χ3v) is 5.79. The molecule has 2 aliphatic rings. The van der Waals surface area contributed by atoms with Crippen molar-refractivity contribution >= 4 is 17.5 Å². The summed E-state index contributed by atoms with van der Waals surface area (Å²) in [6, 6.07) is 13.7. The Labute approximate surface area is 171 Å². The van der Waals surface area contributed by atoms with Crippen LogP contribution in [-0.2, 0) is 9.59 Å². The SMILES string of the molecule is Cc1ccc(N2CC(C(=O)NC3CCC(Oc4ccccn4)CC3)CC2=O)cc1. The van der Waals surface area contributed by atoms with Crippen molar-refractivity contribution in [3.05, 3.63) is 54.2 Å². The van der Waals surface area contributed by atoms with Gasteiger partial charge < -0.3 is 15.0 Å². The largest absolute Gasteiger partial charge is 0.474 e. The van der Waals surface area contributed by atoms with Crippen LogP contribution >= 0.6 is 0 Å². The van der Waals surface area contributed by atoms with Crippen LogP contribution in [0, 0.1) is 12.8 Å². The zero-order valence-corrected chi connectivity index (χ0v) is 16.7. The number of amides is 2. The molecule has 0 bridgehead atoms. The van der Waals surface area contributed by atoms with E-state index in [1.54, 1.807) is 11.1 Å². The number of anilines is 1. The molecular weight excluding hydrogens is 366 g/mol. The third-order valence-electron chi connectivity index (χ3n) is 5.79. The highest BCUT2D eigenvalue weighted by molar-refractivity contribution is 6.00. The first-order chi connectivity index (χ1) is 14.1. The number of nitrogens with one attached hydrogen (secondary N) is 1. The summed E-state index contributed by atoms with van der Waals surface area (Å²) in [5.41, 5.74) is 2.01. The van der Waals surface area contributed by atoms with Crippen LogP contribution in [0.3, 0.4) is 0 Å². The molecule has 1 aliphatic heterocycles. The van der Waals surface area contributed by atoms with E-state index in [2.05, 4.69) is 10.3 Å². The van der Waals surface area contributed by atoms with Crippen molar-refractivity contribution in [1.29, 1.82) is 0 Å². The second-order valence-electron chi connectivity index (χ2n) is 8.01. The van der Waals surface area contributed by atoms with E-state index >= 15 is 0 Å². The summed E-state index contributed by atoms with van der Waals surface area (Å²) < 4.78 is 5.92. The lowest BCUT2D eigenvalue weighted by Crippen LogP contribution is -2.43. The van der Waals surface area contributed by atoms with Gasteiger partial charge in [0.1, 0.15) is 6.10 Å². The van der Waals surface area contributed by atoms with Crippen molar-refractivity contribution in [2.24, 2.45) is 5.92 Å². The van der Waals surface area contributed by atoms with E-state index in [1.807, 2.05) is 49.4 Å². The Morgan fingerprint density at radius 3 is 2.55 bits per heavy atom. The van der Waals surface area contributed by atoms with Crippen molar-refractivity contribution in [2.75, 3.05) is 11.4 Å². The smallest absolute Gasteiger partial charge is 0.227 e. The monoisotopic (exact) mass is 393 g/mol. The van der Waals surface area contributed by atoms with Crippen LogP contribution in [0.5, 0.6) is 5.88 Å². The summed E-state index contributed by atoms with van der Waals surface area (Å²) in [6.07, 6.45) is 5.68. The van der Waals surface area contributed by atoms with E-state index in [0.29, 0.717) is 12.4 Å². The van der Waals surface area contributed by atoms with Crippen molar-refractivity contribution < 1.29 is 14.3 Å². The van der Waals surface area contributed by atoms with Gasteiger partial charge in [-0.05, 0) is 50.8 Å². The van der Waals surface area contributed by atoms with Gasteiger partial charge in [0.05, 0.1) is 5.92 Å². The lowest BCUT2D eigenvalue weighted by atomic mass is 9.92. The van der Waals surface area contributed by atoms with Crippen molar-refractivity contribution in [2.45, 2.75) is 51.2 Å². The normalized spacial score (nSPS) is 24.4. The van der Waals surface area contributed by atoms with Gasteiger partial charge in [0.2, 0.25) is 17.7 Å². The number of aromatic nitrogens is 1. The Balaban J connectivity index is 1.26. The lowest BCUT2D eigenvalue weighted by molar-refractivity contribution is -0.127. The van der Waals surface area contributed by atoms with Crippen molar-refractivity contribution in [3.8, 4) is 5.88 Å². The first-order valence-corrected chi connectivity index (χ1v) is 10.3. The van der Waals surface area contributed by atoms with Gasteiger partial charge in [-0.25, -0.2) is 4.98 Å². The average molecular weight is 393 g/mol. The van der Waals surface area contributed by atoms with Crippen LogP contribution in [0.2, 0.25) is 0 Å². The van der Waals surface area contributed by atoms with Crippen LogP contribution in [0.15, 0.2) is 48.7 Å². The lowest BCUT2D eigenvalue weighted by Gasteiger charge is -2.29. The molecule has 152 valence electrons. The average Bonchev–Trinajstić information content (AvgIpc) is 3.13. The van der Waals surface area contributed by atoms with Gasteiger partial charge >= 0.3 is 0 Å². The van der Waals surface area contributed by atoms with Gasteiger partial charge in [-0.1, -0.05) is 23.8 Å². The minimum absolute atomic E-state index is 0.0120. The van der Waals surface area contributed by atoms with Crippen LogP contribution in [0.25, 0.3) is 0 Å². The highest BCUT2D eigenvalue weighted by atomic mass is 16.5. The molecule has 1 aromatic carbocycles. The summed E-state index contributed by atoms with van der Waals surface area (Å²) in [4.78, 5) is 31.1. The highest BCUT2D eigenvalue weighted by Gasteiger charge is 2.36. The second-order valence-corrected chi connectivity index (χ2v) is 8.01. The van der Waals surface area contributed by atoms with E-state index in [4.69, 9.17) is 4.74 Å². The first-order valence-electron chi connectivity index (χ1n) is 10.3. The van der Waals surface area contributed by atoms with E-state index in [1.165, 1.54) is 0 Å². The van der Waals surface area contributed by atoms with E-state index in [-0.39, 0.29) is 36.3 Å². The van der Waals surface area contributed by atoms with Crippen LogP contribution in [0.1, 0.15) is 37.7 Å². The fourth-order valence-corrected chi connectivity index (χ4v) is 4.09. The summed E-state index contributed by atoms with van der Waals surface area (Å²) in [7, 11) is 0. The molecule has 1 aliphatic carbocycles. The van der Waals surface area contributed by atoms with E-state index in [0.717, 1.165) is 36.9 Å². The third kappa shape index (κ3) is 4.75. The minimum atomic E-state index is -0.286. The number of nitrogens with zero attached hydrogens (tertiary/aromatic N) is 2. The number of hydrogen-bond acceptors (Lipinski definition) is 4. The zero-order valence-electron chi connectivity index (χ0n) is 16.7. The molecular formula is C23H27N3O3. The Morgan fingerprint density at radius 2 is 1.86 bits per heavy atom. The molecule has 1 atom stereocenters. The Hall–Kier alpha value is -2.89. The predicted octanol–water partition coefficient (Wildman–Crippen LogP) is 3.25. The Morgan fingerprint density at radius 1 is 1.10 bits per heavy atom. The summed E-state index contributed by atoms with van der Waals surface area (Å²) in [6.45, 7) is 2.47. The second kappa shape index (κ2) is 8.64. The molecule has 2 amide bonds. The zero-order chi connectivity index (χ0) is 20.2. The molecule has 4 rings (SSSR count). The fraction of sp³-hybridized carbons (Fsp3) is 0.435. The van der Waals surface area contributed by atoms with Gasteiger partial charge in [0.15, 0.2) is 0 Å². The van der Waals surface area contributed by atoms with E-state index < -0.39 is 0 Å². The number of ether oxygens (including phenoxy) is 1. The number of hydrogen-bond donors (Lipinski definition) is 1. The number of benzene rings is 1. The molecule has 29 heavy (non-hydrogen) atoms. The molecule has 2 aromatic rings. The maximum atomic E-state index is 12.7. The standard InChI is InChI=1S/C23H27N3O3/c1-16-5-9-19(10-6-16)26-15-17(14-22(26)27)23(28)25-18-7-11-20(12-8-18)29-21-4-2-3-13-24-21/h2-6,9-10,13,17-18,20H,7-8,11-12,14-15H2,1H3,(H,25,28). The van der Waals surface area contributed by atoms with Gasteiger partial charge in [0, 0.05) is 37.0 Å². The Kier molecular flexibility index (Phi) is 5.79. The molecule has 1 aromatic heterocycles. The van der Waals surface area contributed by atoms with Crippen LogP contribution in [-0.4, -0.2) is 35.5 Å². The van der Waals surface area contributed by atoms with Crippen molar-refractivity contribution in [1.82, 2.24) is 10.3 Å². The Bertz CT molecular complexity index is 845. The van der Waals surface area contributed by atoms with Crippen LogP contribution in [0.4, 0.5) is 5.69 Å². The number of pyridine rings is 1. The number of carbonyl (C=O) groups is 2. The van der Waals surface area contributed by atoms with Gasteiger partial charge in [0.25, 0.3) is 0 Å². The van der Waals surface area contributed by atoms with Gasteiger partial charge in [-0.15, -0.1) is 0 Å². The van der Waals surface area contributed by atoms with Crippen molar-refractivity contribution in [3.63, 3.8) is 0 Å². The number of rotatable bonds is 5. The molecule has 0 spiro atoms. The summed E-state index contributed by atoms with van der Waals surface area (Å²) in [5, 5.41) is 3.16. The van der Waals surface area contributed by atoms with Gasteiger partial charge in [-0.2, -0.15) is 0 Å². The number of carbonyl (C=O) groups excluding carboxylic acids is 2. The fourth-order valence-electron chi connectivity index (χ4n) is 4.09. The van der Waals surface area contributed by atoms with E-state index in [9.17, 15) is 9.59 Å². The molecule has 1 saturated carbocycles. The molecule has 2 fully saturated rings. The minimum Gasteiger partial charge on any atom is -0.474 e. The highest BCUT2D eigenvalue weighted by Crippen LogP contribution is 2.27. The van der Waals surface area contributed by atoms with Crippen LogP contribution < -0.4 is 15.0 Å². The maximum absolute atomic E-state index is 12.7. The maximum Gasteiger partial charge on any atom is 0.227 e. The molecule has 6 heteroatoms. The number of aryl methyl sites for hydroxylation is 1. The topological polar surface area (TPSA) is 71.5 Å². The molecule has 1 N–H and O–H groups in total. The molecule has 1 saturated heterocycles.